The number of fused-ring (bicyclic) bond motifs is 2. The first kappa shape index (κ1) is 18.4. The Labute approximate surface area is 176 Å². The lowest BCUT2D eigenvalue weighted by molar-refractivity contribution is -0.118. The van der Waals surface area contributed by atoms with Gasteiger partial charge in [-0.25, -0.2) is 4.98 Å². The first-order valence-corrected chi connectivity index (χ1v) is 10.7. The van der Waals surface area contributed by atoms with Crippen LogP contribution in [0, 0.1) is 0 Å². The summed E-state index contributed by atoms with van der Waals surface area (Å²) in [5.41, 5.74) is 2.12. The molecule has 1 fully saturated rings. The number of likely N-dealkylation sites (tertiary alicyclic amines) is 1. The molecule has 0 bridgehead atoms. The zero-order chi connectivity index (χ0) is 20.0. The number of amides is 2. The number of anilines is 1. The van der Waals surface area contributed by atoms with Crippen molar-refractivity contribution in [3.8, 4) is 5.75 Å². The second-order valence-electron chi connectivity index (χ2n) is 7.28. The molecule has 0 atom stereocenters. The summed E-state index contributed by atoms with van der Waals surface area (Å²) in [4.78, 5) is 31.0. The third-order valence-electron chi connectivity index (χ3n) is 5.36. The molecule has 2 aliphatic heterocycles. The highest BCUT2D eigenvalue weighted by atomic mass is 35.5. The molecule has 0 radical (unpaired) electrons. The monoisotopic (exact) mass is 427 g/mol. The van der Waals surface area contributed by atoms with E-state index in [1.165, 1.54) is 0 Å². The third-order valence-corrected chi connectivity index (χ3v) is 6.79. The Hall–Kier alpha value is -2.64. The van der Waals surface area contributed by atoms with Crippen LogP contribution in [0.25, 0.3) is 10.2 Å². The minimum Gasteiger partial charge on any atom is -0.482 e. The van der Waals surface area contributed by atoms with Gasteiger partial charge in [-0.3, -0.25) is 9.59 Å². The van der Waals surface area contributed by atoms with Gasteiger partial charge >= 0.3 is 0 Å². The Balaban J connectivity index is 1.27. The molecule has 1 N–H and O–H groups in total. The minimum absolute atomic E-state index is 0.0113. The average Bonchev–Trinajstić information content (AvgIpc) is 3.16. The molecule has 3 heterocycles. The second kappa shape index (κ2) is 7.31. The third kappa shape index (κ3) is 3.56. The van der Waals surface area contributed by atoms with Crippen LogP contribution in [-0.2, 0) is 4.79 Å². The summed E-state index contributed by atoms with van der Waals surface area (Å²) >= 11 is 7.78. The van der Waals surface area contributed by atoms with Crippen molar-refractivity contribution >= 4 is 50.7 Å². The van der Waals surface area contributed by atoms with Gasteiger partial charge in [0.2, 0.25) is 0 Å². The highest BCUT2D eigenvalue weighted by molar-refractivity contribution is 7.18. The molecule has 0 saturated carbocycles. The van der Waals surface area contributed by atoms with Crippen molar-refractivity contribution < 1.29 is 14.3 Å². The number of halogens is 1. The maximum atomic E-state index is 12.9. The van der Waals surface area contributed by atoms with Crippen molar-refractivity contribution in [2.24, 2.45) is 0 Å². The highest BCUT2D eigenvalue weighted by Gasteiger charge is 2.27. The summed E-state index contributed by atoms with van der Waals surface area (Å²) in [6, 6.07) is 11.0. The van der Waals surface area contributed by atoms with Crippen LogP contribution in [-0.4, -0.2) is 41.4 Å². The van der Waals surface area contributed by atoms with E-state index in [4.69, 9.17) is 21.3 Å². The van der Waals surface area contributed by atoms with Crippen molar-refractivity contribution in [2.75, 3.05) is 25.0 Å². The molecule has 5 rings (SSSR count). The predicted octanol–water partition coefficient (Wildman–Crippen LogP) is 4.30. The van der Waals surface area contributed by atoms with Crippen molar-refractivity contribution in [1.29, 1.82) is 0 Å². The van der Waals surface area contributed by atoms with E-state index in [1.807, 2.05) is 23.1 Å². The van der Waals surface area contributed by atoms with E-state index in [1.54, 1.807) is 29.5 Å². The van der Waals surface area contributed by atoms with Gasteiger partial charge in [-0.15, -0.1) is 11.3 Å². The molecule has 3 aromatic rings. The number of piperidine rings is 1. The Morgan fingerprint density at radius 3 is 2.86 bits per heavy atom. The number of ether oxygens (including phenoxy) is 1. The van der Waals surface area contributed by atoms with Gasteiger partial charge in [0.1, 0.15) is 5.75 Å². The largest absolute Gasteiger partial charge is 0.482 e. The summed E-state index contributed by atoms with van der Waals surface area (Å²) < 4.78 is 6.57. The standard InChI is InChI=1S/C21H18ClN3O3S/c22-14-2-4-18-16(10-14)24-20(29-18)12-5-7-25(8-6-12)21(27)13-1-3-15-17(9-13)28-11-19(26)23-15/h1-4,9-10,12H,5-8,11H2,(H,23,26). The Morgan fingerprint density at radius 2 is 2.03 bits per heavy atom. The molecule has 0 aliphatic carbocycles. The van der Waals surface area contributed by atoms with Crippen LogP contribution in [0.15, 0.2) is 36.4 Å². The Kier molecular flexibility index (Phi) is 4.64. The van der Waals surface area contributed by atoms with E-state index in [9.17, 15) is 9.59 Å². The first-order chi connectivity index (χ1) is 14.1. The molecule has 0 unspecified atom stereocenters. The Bertz CT molecular complexity index is 1120. The van der Waals surface area contributed by atoms with E-state index < -0.39 is 0 Å². The number of nitrogens with zero attached hydrogens (tertiary/aromatic N) is 2. The van der Waals surface area contributed by atoms with Gasteiger partial charge in [0.05, 0.1) is 20.9 Å². The van der Waals surface area contributed by atoms with Gasteiger partial charge in [-0.1, -0.05) is 11.6 Å². The van der Waals surface area contributed by atoms with Gasteiger partial charge in [0.25, 0.3) is 11.8 Å². The summed E-state index contributed by atoms with van der Waals surface area (Å²) in [6.45, 7) is 1.35. The maximum absolute atomic E-state index is 12.9. The van der Waals surface area contributed by atoms with Crippen LogP contribution in [0.2, 0.25) is 5.02 Å². The van der Waals surface area contributed by atoms with Crippen LogP contribution in [0.3, 0.4) is 0 Å². The van der Waals surface area contributed by atoms with Gasteiger partial charge in [0, 0.05) is 29.6 Å². The number of thiazole rings is 1. The first-order valence-electron chi connectivity index (χ1n) is 9.49. The van der Waals surface area contributed by atoms with Crippen molar-refractivity contribution in [3.63, 3.8) is 0 Å². The van der Waals surface area contributed by atoms with Crippen molar-refractivity contribution in [1.82, 2.24) is 9.88 Å². The van der Waals surface area contributed by atoms with Crippen molar-refractivity contribution in [2.45, 2.75) is 18.8 Å². The smallest absolute Gasteiger partial charge is 0.262 e. The lowest BCUT2D eigenvalue weighted by Crippen LogP contribution is -2.38. The quantitative estimate of drug-likeness (QED) is 0.661. The van der Waals surface area contributed by atoms with E-state index in [-0.39, 0.29) is 18.4 Å². The fourth-order valence-corrected chi connectivity index (χ4v) is 5.10. The number of hydrogen-bond donors (Lipinski definition) is 1. The second-order valence-corrected chi connectivity index (χ2v) is 8.78. The lowest BCUT2D eigenvalue weighted by Gasteiger charge is -2.31. The average molecular weight is 428 g/mol. The lowest BCUT2D eigenvalue weighted by atomic mass is 9.97. The zero-order valence-corrected chi connectivity index (χ0v) is 17.1. The molecule has 0 spiro atoms. The molecule has 29 heavy (non-hydrogen) atoms. The van der Waals surface area contributed by atoms with Crippen LogP contribution < -0.4 is 10.1 Å². The normalized spacial score (nSPS) is 17.0. The number of aromatic nitrogens is 1. The molecular formula is C21H18ClN3O3S. The fourth-order valence-electron chi connectivity index (χ4n) is 3.81. The van der Waals surface area contributed by atoms with Gasteiger partial charge in [0.15, 0.2) is 6.61 Å². The van der Waals surface area contributed by atoms with Gasteiger partial charge < -0.3 is 15.0 Å². The molecule has 2 aromatic carbocycles. The zero-order valence-electron chi connectivity index (χ0n) is 15.5. The highest BCUT2D eigenvalue weighted by Crippen LogP contribution is 2.35. The fraction of sp³-hybridized carbons (Fsp3) is 0.286. The summed E-state index contributed by atoms with van der Waals surface area (Å²) in [6.07, 6.45) is 1.77. The molecule has 1 saturated heterocycles. The molecular weight excluding hydrogens is 410 g/mol. The number of hydrogen-bond acceptors (Lipinski definition) is 5. The Morgan fingerprint density at radius 1 is 1.21 bits per heavy atom. The predicted molar refractivity (Wildman–Crippen MR) is 113 cm³/mol. The molecule has 2 amide bonds. The number of carbonyl (C=O) groups excluding carboxylic acids is 2. The van der Waals surface area contributed by atoms with Crippen molar-refractivity contribution in [3.05, 3.63) is 52.0 Å². The number of rotatable bonds is 2. The maximum Gasteiger partial charge on any atom is 0.262 e. The minimum atomic E-state index is -0.184. The van der Waals surface area contributed by atoms with Crippen LogP contribution in [0.1, 0.15) is 34.1 Å². The molecule has 8 heteroatoms. The number of nitrogens with one attached hydrogen (secondary N) is 1. The van der Waals surface area contributed by atoms with Crippen LogP contribution in [0.5, 0.6) is 5.75 Å². The van der Waals surface area contributed by atoms with Gasteiger partial charge in [-0.2, -0.15) is 0 Å². The van der Waals surface area contributed by atoms with E-state index >= 15 is 0 Å². The molecule has 2 aliphatic rings. The number of benzene rings is 2. The molecule has 1 aromatic heterocycles. The van der Waals surface area contributed by atoms with E-state index in [0.717, 1.165) is 28.1 Å². The summed E-state index contributed by atoms with van der Waals surface area (Å²) in [5.74, 6) is 0.703. The summed E-state index contributed by atoms with van der Waals surface area (Å²) in [7, 11) is 0. The molecule has 148 valence electrons. The van der Waals surface area contributed by atoms with Gasteiger partial charge in [-0.05, 0) is 49.2 Å². The summed E-state index contributed by atoms with van der Waals surface area (Å²) in [5, 5.41) is 4.56. The SMILES string of the molecule is O=C1COc2cc(C(=O)N3CCC(c4nc5cc(Cl)ccc5s4)CC3)ccc2N1. The van der Waals surface area contributed by atoms with E-state index in [2.05, 4.69) is 5.32 Å². The number of carbonyl (C=O) groups is 2. The van der Waals surface area contributed by atoms with Crippen LogP contribution in [0.4, 0.5) is 5.69 Å². The van der Waals surface area contributed by atoms with E-state index in [0.29, 0.717) is 41.0 Å². The van der Waals surface area contributed by atoms with Crippen LogP contribution >= 0.6 is 22.9 Å². The molecule has 6 nitrogen and oxygen atoms in total. The topological polar surface area (TPSA) is 71.5 Å².